The predicted octanol–water partition coefficient (Wildman–Crippen LogP) is 2.93. The summed E-state index contributed by atoms with van der Waals surface area (Å²) in [6.45, 7) is 8.26. The second kappa shape index (κ2) is 6.20. The van der Waals surface area contributed by atoms with Crippen LogP contribution in [0.1, 0.15) is 47.0 Å². The first kappa shape index (κ1) is 16.1. The summed E-state index contributed by atoms with van der Waals surface area (Å²) in [4.78, 5) is 26.6. The quantitative estimate of drug-likeness (QED) is 0.766. The van der Waals surface area contributed by atoms with Crippen molar-refractivity contribution in [2.45, 2.75) is 59.0 Å². The molecule has 2 aliphatic carbocycles. The second-order valence-corrected chi connectivity index (χ2v) is 6.60. The number of hydrogen-bond donors (Lipinski definition) is 1. The highest BCUT2D eigenvalue weighted by Gasteiger charge is 2.53. The zero-order chi connectivity index (χ0) is 15.7. The Kier molecular flexibility index (Phi) is 4.74. The molecule has 21 heavy (non-hydrogen) atoms. The second-order valence-electron chi connectivity index (χ2n) is 6.60. The molecule has 0 heterocycles. The van der Waals surface area contributed by atoms with Crippen LogP contribution in [-0.2, 0) is 9.59 Å². The van der Waals surface area contributed by atoms with Crippen LogP contribution in [0.4, 0.5) is 0 Å². The number of aliphatic carboxylic acids is 1. The van der Waals surface area contributed by atoms with Crippen LogP contribution in [0, 0.1) is 23.7 Å². The molecule has 4 nitrogen and oxygen atoms in total. The van der Waals surface area contributed by atoms with Gasteiger partial charge in [-0.25, -0.2) is 0 Å². The standard InChI is InChI=1S/C17H27NO3/c1-5-10(3)18(11(4)6-2)16(19)14-12-7-8-13(9-12)15(14)17(20)21/h7-8,10-15H,5-6,9H2,1-4H3,(H,20,21)/t10-,11-,12+,13+,14-,15+/m1/s1. The molecule has 118 valence electrons. The highest BCUT2D eigenvalue weighted by molar-refractivity contribution is 5.87. The molecule has 0 radical (unpaired) electrons. The topological polar surface area (TPSA) is 57.6 Å². The van der Waals surface area contributed by atoms with Crippen LogP contribution in [0.2, 0.25) is 0 Å². The smallest absolute Gasteiger partial charge is 0.307 e. The third-order valence-corrected chi connectivity index (χ3v) is 5.42. The molecule has 1 saturated carbocycles. The van der Waals surface area contributed by atoms with Gasteiger partial charge in [-0.1, -0.05) is 26.0 Å². The monoisotopic (exact) mass is 293 g/mol. The van der Waals surface area contributed by atoms with Crippen LogP contribution >= 0.6 is 0 Å². The lowest BCUT2D eigenvalue weighted by atomic mass is 9.81. The van der Waals surface area contributed by atoms with E-state index in [1.54, 1.807) is 0 Å². The van der Waals surface area contributed by atoms with Crippen molar-refractivity contribution >= 4 is 11.9 Å². The van der Waals surface area contributed by atoms with Crippen LogP contribution < -0.4 is 0 Å². The maximum Gasteiger partial charge on any atom is 0.307 e. The van der Waals surface area contributed by atoms with E-state index in [1.165, 1.54) is 0 Å². The van der Waals surface area contributed by atoms with Crippen molar-refractivity contribution in [3.63, 3.8) is 0 Å². The molecule has 0 aromatic carbocycles. The Hall–Kier alpha value is -1.32. The van der Waals surface area contributed by atoms with E-state index < -0.39 is 11.9 Å². The van der Waals surface area contributed by atoms with E-state index >= 15 is 0 Å². The van der Waals surface area contributed by atoms with E-state index in [0.717, 1.165) is 19.3 Å². The molecule has 0 spiro atoms. The van der Waals surface area contributed by atoms with Crippen LogP contribution in [0.25, 0.3) is 0 Å². The lowest BCUT2D eigenvalue weighted by molar-refractivity contribution is -0.153. The minimum atomic E-state index is -0.821. The highest BCUT2D eigenvalue weighted by atomic mass is 16.4. The molecule has 6 atom stereocenters. The largest absolute Gasteiger partial charge is 0.481 e. The van der Waals surface area contributed by atoms with E-state index in [0.29, 0.717) is 0 Å². The fourth-order valence-electron chi connectivity index (χ4n) is 3.93. The summed E-state index contributed by atoms with van der Waals surface area (Å²) in [7, 11) is 0. The maximum atomic E-state index is 13.1. The van der Waals surface area contributed by atoms with Crippen LogP contribution in [-0.4, -0.2) is 34.0 Å². The first-order valence-corrected chi connectivity index (χ1v) is 8.15. The Morgan fingerprint density at radius 2 is 1.57 bits per heavy atom. The lowest BCUT2D eigenvalue weighted by Gasteiger charge is -2.38. The third-order valence-electron chi connectivity index (χ3n) is 5.42. The number of carboxylic acid groups (broad SMARTS) is 1. The van der Waals surface area contributed by atoms with Crippen molar-refractivity contribution in [3.8, 4) is 0 Å². The Morgan fingerprint density at radius 1 is 1.10 bits per heavy atom. The summed E-state index contributed by atoms with van der Waals surface area (Å²) >= 11 is 0. The molecular formula is C17H27NO3. The average molecular weight is 293 g/mol. The molecule has 1 amide bonds. The molecule has 0 aromatic heterocycles. The number of carbonyl (C=O) groups is 2. The van der Waals surface area contributed by atoms with E-state index in [1.807, 2.05) is 11.0 Å². The van der Waals surface area contributed by atoms with Gasteiger partial charge in [0.05, 0.1) is 11.8 Å². The van der Waals surface area contributed by atoms with Gasteiger partial charge in [-0.15, -0.1) is 0 Å². The van der Waals surface area contributed by atoms with Crippen LogP contribution in [0.3, 0.4) is 0 Å². The molecular weight excluding hydrogens is 266 g/mol. The van der Waals surface area contributed by atoms with Gasteiger partial charge in [0.1, 0.15) is 0 Å². The van der Waals surface area contributed by atoms with Gasteiger partial charge in [-0.05, 0) is 44.9 Å². The predicted molar refractivity (Wildman–Crippen MR) is 81.7 cm³/mol. The maximum absolute atomic E-state index is 13.1. The zero-order valence-corrected chi connectivity index (χ0v) is 13.5. The zero-order valence-electron chi connectivity index (χ0n) is 13.5. The number of carboxylic acids is 1. The van der Waals surface area contributed by atoms with Gasteiger partial charge in [0.15, 0.2) is 0 Å². The number of nitrogens with zero attached hydrogens (tertiary/aromatic N) is 1. The average Bonchev–Trinajstić information content (AvgIpc) is 3.07. The Balaban J connectivity index is 2.27. The van der Waals surface area contributed by atoms with Crippen molar-refractivity contribution in [2.75, 3.05) is 0 Å². The highest BCUT2D eigenvalue weighted by Crippen LogP contribution is 2.49. The van der Waals surface area contributed by atoms with E-state index in [9.17, 15) is 14.7 Å². The summed E-state index contributed by atoms with van der Waals surface area (Å²) < 4.78 is 0. The summed E-state index contributed by atoms with van der Waals surface area (Å²) in [5, 5.41) is 9.52. The van der Waals surface area contributed by atoms with Gasteiger partial charge in [-0.3, -0.25) is 9.59 Å². The van der Waals surface area contributed by atoms with Crippen molar-refractivity contribution in [1.82, 2.24) is 4.90 Å². The first-order chi connectivity index (χ1) is 9.92. The van der Waals surface area contributed by atoms with Crippen LogP contribution in [0.5, 0.6) is 0 Å². The summed E-state index contributed by atoms with van der Waals surface area (Å²) in [6, 6.07) is 0.315. The minimum Gasteiger partial charge on any atom is -0.481 e. The number of hydrogen-bond acceptors (Lipinski definition) is 2. The van der Waals surface area contributed by atoms with Crippen LogP contribution in [0.15, 0.2) is 12.2 Å². The molecule has 0 unspecified atom stereocenters. The fraction of sp³-hybridized carbons (Fsp3) is 0.765. The minimum absolute atomic E-state index is 0.0390. The van der Waals surface area contributed by atoms with Gasteiger partial charge >= 0.3 is 5.97 Å². The molecule has 2 aliphatic rings. The van der Waals surface area contributed by atoms with Gasteiger partial charge in [0.2, 0.25) is 5.91 Å². The Bertz CT molecular complexity index is 435. The molecule has 1 fully saturated rings. The number of carbonyl (C=O) groups excluding carboxylic acids is 1. The molecule has 2 bridgehead atoms. The van der Waals surface area contributed by atoms with E-state index in [4.69, 9.17) is 0 Å². The molecule has 2 rings (SSSR count). The van der Waals surface area contributed by atoms with Crippen molar-refractivity contribution in [2.24, 2.45) is 23.7 Å². The number of rotatable bonds is 6. The lowest BCUT2D eigenvalue weighted by Crippen LogP contribution is -2.50. The molecule has 0 saturated heterocycles. The van der Waals surface area contributed by atoms with E-state index in [-0.39, 0.29) is 35.7 Å². The molecule has 1 N–H and O–H groups in total. The SMILES string of the molecule is CC[C@@H](C)N(C(=O)[C@H]1[C@@H](C(=O)O)[C@H]2C=C[C@H]1C2)[C@H](C)CC. The summed E-state index contributed by atoms with van der Waals surface area (Å²) in [5.74, 6) is -1.54. The Labute approximate surface area is 127 Å². The number of amides is 1. The van der Waals surface area contributed by atoms with Crippen molar-refractivity contribution < 1.29 is 14.7 Å². The molecule has 0 aliphatic heterocycles. The van der Waals surface area contributed by atoms with E-state index in [2.05, 4.69) is 33.8 Å². The van der Waals surface area contributed by atoms with Gasteiger partial charge < -0.3 is 10.0 Å². The Morgan fingerprint density at radius 3 is 2.00 bits per heavy atom. The molecule has 0 aromatic rings. The fourth-order valence-corrected chi connectivity index (χ4v) is 3.93. The van der Waals surface area contributed by atoms with Gasteiger partial charge in [0, 0.05) is 12.1 Å². The van der Waals surface area contributed by atoms with Crippen molar-refractivity contribution in [1.29, 1.82) is 0 Å². The first-order valence-electron chi connectivity index (χ1n) is 8.15. The summed E-state index contributed by atoms with van der Waals surface area (Å²) in [5.41, 5.74) is 0. The van der Waals surface area contributed by atoms with Gasteiger partial charge in [0.25, 0.3) is 0 Å². The molecule has 4 heteroatoms. The third kappa shape index (κ3) is 2.72. The van der Waals surface area contributed by atoms with Gasteiger partial charge in [-0.2, -0.15) is 0 Å². The number of fused-ring (bicyclic) bond motifs is 2. The summed E-state index contributed by atoms with van der Waals surface area (Å²) in [6.07, 6.45) is 6.65. The number of allylic oxidation sites excluding steroid dienone is 2. The normalized spacial score (nSPS) is 33.0. The van der Waals surface area contributed by atoms with Crippen molar-refractivity contribution in [3.05, 3.63) is 12.2 Å².